The van der Waals surface area contributed by atoms with E-state index in [1.54, 1.807) is 11.3 Å². The van der Waals surface area contributed by atoms with Crippen LogP contribution in [-0.4, -0.2) is 13.6 Å². The predicted molar refractivity (Wildman–Crippen MR) is 182 cm³/mol. The third-order valence-electron chi connectivity index (χ3n) is 9.00. The van der Waals surface area contributed by atoms with E-state index in [1.165, 1.54) is 37.7 Å². The van der Waals surface area contributed by atoms with Crippen LogP contribution in [-0.2, 0) is 11.2 Å². The minimum atomic E-state index is -0.151. The minimum Gasteiger partial charge on any atom is -1.00 e. The Morgan fingerprint density at radius 1 is 0.622 bits per heavy atom. The van der Waals surface area contributed by atoms with Crippen LogP contribution in [0.25, 0.3) is 21.5 Å². The molecule has 2 fully saturated rings. The zero-order valence-corrected chi connectivity index (χ0v) is 28.6. The molecule has 3 nitrogen and oxygen atoms in total. The number of hydrogen-bond donors (Lipinski definition) is 1. The van der Waals surface area contributed by atoms with Crippen molar-refractivity contribution >= 4 is 44.2 Å². The van der Waals surface area contributed by atoms with Crippen molar-refractivity contribution in [3.63, 3.8) is 0 Å². The van der Waals surface area contributed by atoms with E-state index >= 15 is 0 Å². The third kappa shape index (κ3) is 6.47. The Labute approximate surface area is 286 Å². The average molecular weight is 675 g/mol. The molecule has 2 aliphatic rings. The molecule has 0 aliphatic heterocycles. The summed E-state index contributed by atoms with van der Waals surface area (Å²) in [5, 5.41) is 12.4. The van der Waals surface area contributed by atoms with Crippen molar-refractivity contribution in [2.75, 3.05) is 13.6 Å². The Bertz CT molecular complexity index is 1820. The molecule has 234 valence electrons. The van der Waals surface area contributed by atoms with Crippen LogP contribution in [0.15, 0.2) is 120 Å². The van der Waals surface area contributed by atoms with Crippen molar-refractivity contribution in [1.29, 1.82) is 0 Å². The van der Waals surface area contributed by atoms with E-state index in [0.29, 0.717) is 11.8 Å². The van der Waals surface area contributed by atoms with Crippen LogP contribution >= 0.6 is 22.7 Å². The van der Waals surface area contributed by atoms with Crippen molar-refractivity contribution in [3.8, 4) is 11.5 Å². The molecule has 0 saturated heterocycles. The van der Waals surface area contributed by atoms with E-state index in [1.807, 2.05) is 18.4 Å². The Morgan fingerprint density at radius 3 is 1.53 bits per heavy atom. The van der Waals surface area contributed by atoms with Crippen LogP contribution in [0.3, 0.4) is 0 Å². The molecule has 6 aromatic rings. The van der Waals surface area contributed by atoms with E-state index in [0.717, 1.165) is 30.9 Å². The highest BCUT2D eigenvalue weighted by molar-refractivity contribution is 7.10. The first-order valence-corrected chi connectivity index (χ1v) is 17.0. The van der Waals surface area contributed by atoms with Crippen molar-refractivity contribution in [1.82, 2.24) is 5.32 Å². The summed E-state index contributed by atoms with van der Waals surface area (Å²) < 4.78 is 13.2. The van der Waals surface area contributed by atoms with Crippen molar-refractivity contribution in [2.24, 2.45) is 11.8 Å². The molecule has 1 N–H and O–H groups in total. The summed E-state index contributed by atoms with van der Waals surface area (Å²) in [6.07, 6.45) is 3.38. The Hall–Kier alpha value is -3.06. The number of ether oxygens (including phenoxy) is 2. The van der Waals surface area contributed by atoms with Crippen LogP contribution in [0.4, 0.5) is 0 Å². The van der Waals surface area contributed by atoms with Gasteiger partial charge in [-0.05, 0) is 65.7 Å². The van der Waals surface area contributed by atoms with Crippen LogP contribution < -0.4 is 39.6 Å². The van der Waals surface area contributed by atoms with E-state index in [4.69, 9.17) is 9.47 Å². The maximum atomic E-state index is 6.61. The van der Waals surface area contributed by atoms with Crippen LogP contribution in [0.2, 0.25) is 0 Å². The van der Waals surface area contributed by atoms with Gasteiger partial charge in [0.05, 0.1) is 0 Å². The fourth-order valence-corrected chi connectivity index (χ4v) is 8.43. The summed E-state index contributed by atoms with van der Waals surface area (Å²) in [5.74, 6) is 3.17. The zero-order chi connectivity index (χ0) is 29.3. The van der Waals surface area contributed by atoms with Gasteiger partial charge in [0.1, 0.15) is 22.7 Å². The lowest BCUT2D eigenvalue weighted by atomic mass is 10.1. The third-order valence-corrected chi connectivity index (χ3v) is 11.1. The maximum absolute atomic E-state index is 6.61. The second-order valence-corrected chi connectivity index (χ2v) is 13.6. The van der Waals surface area contributed by atoms with Crippen LogP contribution in [0, 0.1) is 11.8 Å². The number of nitrogens with one attached hydrogen (secondary N) is 1. The highest BCUT2D eigenvalue weighted by Crippen LogP contribution is 2.58. The highest BCUT2D eigenvalue weighted by atomic mass is 35.5. The summed E-state index contributed by atoms with van der Waals surface area (Å²) in [6, 6.07) is 38.2. The summed E-state index contributed by atoms with van der Waals surface area (Å²) >= 11 is 3.60. The number of rotatable bonds is 9. The molecule has 2 aliphatic carbocycles. The summed E-state index contributed by atoms with van der Waals surface area (Å²) in [5.41, 5.74) is -0.242. The molecular weight excluding hydrogens is 637 g/mol. The van der Waals surface area contributed by atoms with Gasteiger partial charge in [-0.1, -0.05) is 91.9 Å². The van der Waals surface area contributed by atoms with Gasteiger partial charge < -0.3 is 39.6 Å². The zero-order valence-electron chi connectivity index (χ0n) is 25.4. The molecule has 4 aromatic carbocycles. The van der Waals surface area contributed by atoms with Crippen molar-refractivity contribution in [2.45, 2.75) is 37.4 Å². The van der Waals surface area contributed by atoms with E-state index in [-0.39, 0.29) is 36.0 Å². The molecule has 2 heterocycles. The number of benzene rings is 4. The standard InChI is InChI=1S/C19H19NOS.C19H18OS.2ClH/c1-20-13-15-12-19(15,18-10-5-11-22-18)21-17-9-4-7-14-6-2-3-8-16(14)17;1-2-15-13-19(15,18-11-6-12-21-18)20-17-10-5-8-14-7-3-4-9-16(14)17;;/h2-11,15,20H,12-13H2,1H3;3-12,15H,2,13H2,1H3;2*1H/p-2/t2*15-,19+;;/m00../s1. The summed E-state index contributed by atoms with van der Waals surface area (Å²) in [6.45, 7) is 3.25. The van der Waals surface area contributed by atoms with Crippen LogP contribution in [0.1, 0.15) is 35.9 Å². The van der Waals surface area contributed by atoms with Gasteiger partial charge in [-0.25, -0.2) is 0 Å². The summed E-state index contributed by atoms with van der Waals surface area (Å²) in [4.78, 5) is 2.70. The van der Waals surface area contributed by atoms with Gasteiger partial charge in [-0.3, -0.25) is 0 Å². The van der Waals surface area contributed by atoms with Gasteiger partial charge in [0.25, 0.3) is 0 Å². The number of fused-ring (bicyclic) bond motifs is 2. The van der Waals surface area contributed by atoms with Crippen LogP contribution in [0.5, 0.6) is 11.5 Å². The molecule has 2 saturated carbocycles. The highest BCUT2D eigenvalue weighted by Gasteiger charge is 2.59. The Kier molecular flexibility index (Phi) is 10.5. The fourth-order valence-electron chi connectivity index (χ4n) is 6.53. The van der Waals surface area contributed by atoms with Crippen molar-refractivity contribution < 1.29 is 34.3 Å². The molecule has 0 radical (unpaired) electrons. The molecule has 0 bridgehead atoms. The lowest BCUT2D eigenvalue weighted by Crippen LogP contribution is -3.00. The monoisotopic (exact) mass is 673 g/mol. The van der Waals surface area contributed by atoms with Gasteiger partial charge >= 0.3 is 0 Å². The fraction of sp³-hybridized carbons (Fsp3) is 0.263. The first-order valence-electron chi connectivity index (χ1n) is 15.2. The molecule has 45 heavy (non-hydrogen) atoms. The lowest BCUT2D eigenvalue weighted by Gasteiger charge is -2.20. The second-order valence-electron chi connectivity index (χ2n) is 11.7. The van der Waals surface area contributed by atoms with Gasteiger partial charge in [-0.15, -0.1) is 22.7 Å². The SMILES string of the molecule is CC[C@H]1C[C@]1(Oc1cccc2ccccc12)c1cccs1.CNC[C@@H]1C[C@]1(Oc1cccc2ccccc12)c1cccs1.[Cl-].[Cl-]. The molecule has 8 rings (SSSR count). The van der Waals surface area contributed by atoms with E-state index in [9.17, 15) is 0 Å². The Balaban J connectivity index is 0.000000170. The first kappa shape index (κ1) is 33.3. The number of halogens is 2. The number of thiophene rings is 2. The molecular formula is C38H37Cl2NO2S2-2. The van der Waals surface area contributed by atoms with Gasteiger partial charge in [0.15, 0.2) is 0 Å². The number of hydrogen-bond acceptors (Lipinski definition) is 5. The summed E-state index contributed by atoms with van der Waals surface area (Å²) in [7, 11) is 2.01. The average Bonchev–Trinajstić information content (AvgIpc) is 3.65. The first-order chi connectivity index (χ1) is 21.2. The van der Waals surface area contributed by atoms with E-state index in [2.05, 4.69) is 132 Å². The topological polar surface area (TPSA) is 30.5 Å². The maximum Gasteiger partial charge on any atom is 0.148 e. The minimum absolute atomic E-state index is 0. The quantitative estimate of drug-likeness (QED) is 0.252. The van der Waals surface area contributed by atoms with E-state index < -0.39 is 0 Å². The molecule has 2 aromatic heterocycles. The molecule has 4 atom stereocenters. The molecule has 7 heteroatoms. The van der Waals surface area contributed by atoms with Gasteiger partial charge in [0, 0.05) is 45.3 Å². The second kappa shape index (κ2) is 14.1. The van der Waals surface area contributed by atoms with Crippen molar-refractivity contribution in [3.05, 3.63) is 130 Å². The van der Waals surface area contributed by atoms with Gasteiger partial charge in [0.2, 0.25) is 0 Å². The smallest absolute Gasteiger partial charge is 0.148 e. The largest absolute Gasteiger partial charge is 1.00 e. The Morgan fingerprint density at radius 2 is 1.09 bits per heavy atom. The predicted octanol–water partition coefficient (Wildman–Crippen LogP) is 4.03. The lowest BCUT2D eigenvalue weighted by molar-refractivity contribution is -0.00100. The van der Waals surface area contributed by atoms with Gasteiger partial charge in [-0.2, -0.15) is 0 Å². The molecule has 0 spiro atoms. The normalized spacial score (nSPS) is 22.8. The molecule has 0 unspecified atom stereocenters. The molecule has 0 amide bonds.